The zero-order valence-electron chi connectivity index (χ0n) is 16.5. The molecule has 0 amide bonds. The Labute approximate surface area is 176 Å². The quantitative estimate of drug-likeness (QED) is 0.518. The Hall–Kier alpha value is -4.01. The van der Waals surface area contributed by atoms with Crippen LogP contribution in [0.15, 0.2) is 58.2 Å². The topological polar surface area (TPSA) is 79.5 Å². The van der Waals surface area contributed by atoms with Gasteiger partial charge in [-0.2, -0.15) is 5.10 Å². The molecule has 0 unspecified atom stereocenters. The number of ether oxygens (including phenoxy) is 1. The summed E-state index contributed by atoms with van der Waals surface area (Å²) in [5.41, 5.74) is 3.05. The van der Waals surface area contributed by atoms with Gasteiger partial charge in [-0.1, -0.05) is 11.2 Å². The van der Waals surface area contributed by atoms with Crippen LogP contribution in [-0.4, -0.2) is 33.5 Å². The highest BCUT2D eigenvalue weighted by atomic mass is 19.2. The first-order valence-electron chi connectivity index (χ1n) is 9.53. The van der Waals surface area contributed by atoms with Crippen molar-refractivity contribution < 1.29 is 18.0 Å². The van der Waals surface area contributed by atoms with Gasteiger partial charge in [-0.15, -0.1) is 0 Å². The van der Waals surface area contributed by atoms with E-state index in [0.717, 1.165) is 23.1 Å². The minimum absolute atomic E-state index is 0.0775. The zero-order chi connectivity index (χ0) is 21.4. The second-order valence-corrected chi connectivity index (χ2v) is 7.02. The Kier molecular flexibility index (Phi) is 4.70. The molecular formula is C22H17F2N5O2. The number of methoxy groups -OCH3 is 1. The van der Waals surface area contributed by atoms with E-state index < -0.39 is 11.6 Å². The average Bonchev–Trinajstić information content (AvgIpc) is 3.42. The second-order valence-electron chi connectivity index (χ2n) is 7.02. The third kappa shape index (κ3) is 3.65. The SMILES string of the molecule is COc1ccc(-c2cc(CN3Cc4[nH]c(-c5cccc(F)c5F)nc4C=N3)on2)cc1. The number of aromatic nitrogens is 3. The molecule has 1 N–H and O–H groups in total. The maximum absolute atomic E-state index is 14.1. The van der Waals surface area contributed by atoms with Gasteiger partial charge in [0.2, 0.25) is 0 Å². The Morgan fingerprint density at radius 3 is 2.81 bits per heavy atom. The molecule has 1 aliphatic heterocycles. The number of aromatic amines is 1. The molecule has 0 atom stereocenters. The number of nitrogens with one attached hydrogen (secondary N) is 1. The van der Waals surface area contributed by atoms with E-state index >= 15 is 0 Å². The van der Waals surface area contributed by atoms with Gasteiger partial charge in [-0.05, 0) is 36.4 Å². The van der Waals surface area contributed by atoms with Crippen molar-refractivity contribution in [2.24, 2.45) is 5.10 Å². The molecule has 9 heteroatoms. The van der Waals surface area contributed by atoms with Crippen LogP contribution in [0, 0.1) is 11.6 Å². The summed E-state index contributed by atoms with van der Waals surface area (Å²) in [6.45, 7) is 0.802. The van der Waals surface area contributed by atoms with Crippen LogP contribution in [0.3, 0.4) is 0 Å². The molecule has 156 valence electrons. The van der Waals surface area contributed by atoms with Gasteiger partial charge in [0.1, 0.15) is 23.0 Å². The summed E-state index contributed by atoms with van der Waals surface area (Å²) in [5, 5.41) is 10.3. The van der Waals surface area contributed by atoms with Gasteiger partial charge in [0.15, 0.2) is 17.4 Å². The fraction of sp³-hybridized carbons (Fsp3) is 0.136. The van der Waals surface area contributed by atoms with Gasteiger partial charge in [0.25, 0.3) is 0 Å². The molecule has 3 heterocycles. The van der Waals surface area contributed by atoms with E-state index in [2.05, 4.69) is 20.2 Å². The van der Waals surface area contributed by atoms with Crippen LogP contribution < -0.4 is 4.74 Å². The molecule has 4 aromatic rings. The lowest BCUT2D eigenvalue weighted by Crippen LogP contribution is -2.21. The minimum Gasteiger partial charge on any atom is -0.497 e. The van der Waals surface area contributed by atoms with E-state index in [-0.39, 0.29) is 11.4 Å². The van der Waals surface area contributed by atoms with E-state index in [0.29, 0.717) is 30.2 Å². The molecule has 2 aromatic heterocycles. The van der Waals surface area contributed by atoms with Crippen LogP contribution >= 0.6 is 0 Å². The summed E-state index contributed by atoms with van der Waals surface area (Å²) < 4.78 is 38.3. The summed E-state index contributed by atoms with van der Waals surface area (Å²) in [5.74, 6) is -0.183. The number of nitrogens with zero attached hydrogens (tertiary/aromatic N) is 4. The molecular weight excluding hydrogens is 404 g/mol. The molecule has 0 aliphatic carbocycles. The number of hydrogen-bond donors (Lipinski definition) is 1. The van der Waals surface area contributed by atoms with Gasteiger partial charge < -0.3 is 14.2 Å². The molecule has 0 saturated heterocycles. The summed E-state index contributed by atoms with van der Waals surface area (Å²) >= 11 is 0. The first kappa shape index (κ1) is 19.0. The molecule has 0 saturated carbocycles. The van der Waals surface area contributed by atoms with Crippen molar-refractivity contribution in [3.05, 3.63) is 77.3 Å². The van der Waals surface area contributed by atoms with Crippen molar-refractivity contribution in [2.45, 2.75) is 13.1 Å². The standard InChI is InChI=1S/C22H17F2N5O2/c1-30-14-7-5-13(6-8-14)18-9-15(31-28-18)11-29-12-20-19(10-25-29)26-22(27-20)16-3-2-4-17(23)21(16)24/h2-10H,11-12H2,1H3,(H,26,27). The first-order chi connectivity index (χ1) is 15.1. The van der Waals surface area contributed by atoms with Crippen LogP contribution in [-0.2, 0) is 13.1 Å². The van der Waals surface area contributed by atoms with Crippen molar-refractivity contribution in [3.63, 3.8) is 0 Å². The van der Waals surface area contributed by atoms with Crippen molar-refractivity contribution in [3.8, 4) is 28.4 Å². The average molecular weight is 421 g/mol. The molecule has 0 bridgehead atoms. The van der Waals surface area contributed by atoms with E-state index in [9.17, 15) is 8.78 Å². The zero-order valence-corrected chi connectivity index (χ0v) is 16.5. The van der Waals surface area contributed by atoms with Gasteiger partial charge in [-0.25, -0.2) is 13.8 Å². The molecule has 7 nitrogen and oxygen atoms in total. The maximum atomic E-state index is 14.1. The summed E-state index contributed by atoms with van der Waals surface area (Å²) in [6, 6.07) is 13.4. The van der Waals surface area contributed by atoms with Crippen molar-refractivity contribution in [2.75, 3.05) is 7.11 Å². The Balaban J connectivity index is 1.31. The highest BCUT2D eigenvalue weighted by Gasteiger charge is 2.21. The van der Waals surface area contributed by atoms with Crippen molar-refractivity contribution >= 4 is 6.21 Å². The van der Waals surface area contributed by atoms with E-state index in [1.165, 1.54) is 12.1 Å². The fourth-order valence-electron chi connectivity index (χ4n) is 3.39. The molecule has 0 fully saturated rings. The number of hydrazone groups is 1. The highest BCUT2D eigenvalue weighted by Crippen LogP contribution is 2.26. The van der Waals surface area contributed by atoms with Gasteiger partial charge in [0, 0.05) is 11.6 Å². The normalized spacial score (nSPS) is 12.8. The molecule has 0 spiro atoms. The second kappa shape index (κ2) is 7.67. The van der Waals surface area contributed by atoms with Crippen LogP contribution in [0.4, 0.5) is 8.78 Å². The monoisotopic (exact) mass is 421 g/mol. The Bertz CT molecular complexity index is 1260. The lowest BCUT2D eigenvalue weighted by molar-refractivity contribution is 0.229. The summed E-state index contributed by atoms with van der Waals surface area (Å²) in [4.78, 5) is 7.40. The smallest absolute Gasteiger partial charge is 0.169 e. The number of rotatable bonds is 5. The number of benzene rings is 2. The predicted molar refractivity (Wildman–Crippen MR) is 109 cm³/mol. The number of imidazole rings is 1. The molecule has 1 aliphatic rings. The van der Waals surface area contributed by atoms with Crippen LogP contribution in [0.5, 0.6) is 5.75 Å². The van der Waals surface area contributed by atoms with Crippen LogP contribution in [0.25, 0.3) is 22.6 Å². The predicted octanol–water partition coefficient (Wildman–Crippen LogP) is 4.37. The van der Waals surface area contributed by atoms with Crippen molar-refractivity contribution in [1.82, 2.24) is 20.1 Å². The van der Waals surface area contributed by atoms with Crippen molar-refractivity contribution in [1.29, 1.82) is 0 Å². The summed E-state index contributed by atoms with van der Waals surface area (Å²) in [7, 11) is 1.62. The third-order valence-corrected chi connectivity index (χ3v) is 4.98. The van der Waals surface area contributed by atoms with E-state index in [4.69, 9.17) is 9.26 Å². The lowest BCUT2D eigenvalue weighted by Gasteiger charge is -2.19. The number of hydrogen-bond acceptors (Lipinski definition) is 6. The fourth-order valence-corrected chi connectivity index (χ4v) is 3.39. The Morgan fingerprint density at radius 2 is 2.00 bits per heavy atom. The highest BCUT2D eigenvalue weighted by molar-refractivity contribution is 5.80. The number of H-pyrrole nitrogens is 1. The molecule has 5 rings (SSSR count). The molecule has 2 aromatic carbocycles. The van der Waals surface area contributed by atoms with Gasteiger partial charge in [-0.3, -0.25) is 5.01 Å². The molecule has 0 radical (unpaired) electrons. The molecule has 31 heavy (non-hydrogen) atoms. The van der Waals surface area contributed by atoms with Gasteiger partial charge in [0.05, 0.1) is 37.7 Å². The van der Waals surface area contributed by atoms with E-state index in [1.807, 2.05) is 30.3 Å². The van der Waals surface area contributed by atoms with Gasteiger partial charge >= 0.3 is 0 Å². The number of fused-ring (bicyclic) bond motifs is 1. The van der Waals surface area contributed by atoms with Crippen LogP contribution in [0.2, 0.25) is 0 Å². The number of halogens is 2. The lowest BCUT2D eigenvalue weighted by atomic mass is 10.1. The minimum atomic E-state index is -0.935. The van der Waals surface area contributed by atoms with E-state index in [1.54, 1.807) is 18.3 Å². The first-order valence-corrected chi connectivity index (χ1v) is 9.53. The largest absolute Gasteiger partial charge is 0.497 e. The Morgan fingerprint density at radius 1 is 1.16 bits per heavy atom. The summed E-state index contributed by atoms with van der Waals surface area (Å²) in [6.07, 6.45) is 1.58. The van der Waals surface area contributed by atoms with Crippen LogP contribution in [0.1, 0.15) is 17.1 Å². The maximum Gasteiger partial charge on any atom is 0.169 e. The third-order valence-electron chi connectivity index (χ3n) is 4.98.